The van der Waals surface area contributed by atoms with Crippen LogP contribution >= 0.6 is 0 Å². The maximum Gasteiger partial charge on any atom is 0.253 e. The first-order chi connectivity index (χ1) is 13.4. The summed E-state index contributed by atoms with van der Waals surface area (Å²) in [6.45, 7) is 5.80. The largest absolute Gasteiger partial charge is 0.493 e. The molecule has 2 aromatic rings. The molecule has 28 heavy (non-hydrogen) atoms. The van der Waals surface area contributed by atoms with Crippen molar-refractivity contribution in [3.63, 3.8) is 0 Å². The molecular weight excluding hydrogens is 350 g/mol. The number of piperidine rings is 1. The zero-order valence-electron chi connectivity index (χ0n) is 16.9. The third-order valence-electron chi connectivity index (χ3n) is 5.23. The number of hydrogen-bond acceptors (Lipinski definition) is 3. The first-order valence-electron chi connectivity index (χ1n) is 10.2. The van der Waals surface area contributed by atoms with E-state index in [0.717, 1.165) is 49.2 Å². The molecule has 2 aromatic carbocycles. The number of rotatable bonds is 7. The molecule has 0 saturated carbocycles. The fraction of sp³-hybridized carbons (Fsp3) is 0.458. The predicted octanol–water partition coefficient (Wildman–Crippen LogP) is 4.32. The quantitative estimate of drug-likeness (QED) is 0.777. The summed E-state index contributed by atoms with van der Waals surface area (Å²) in [6.07, 6.45) is 3.53. The van der Waals surface area contributed by atoms with Crippen LogP contribution in [0.25, 0.3) is 0 Å². The highest BCUT2D eigenvalue weighted by molar-refractivity contribution is 5.94. The summed E-state index contributed by atoms with van der Waals surface area (Å²) in [6, 6.07) is 17.7. The van der Waals surface area contributed by atoms with Crippen molar-refractivity contribution in [2.24, 2.45) is 5.92 Å². The van der Waals surface area contributed by atoms with Crippen LogP contribution in [-0.4, -0.2) is 41.2 Å². The van der Waals surface area contributed by atoms with Crippen molar-refractivity contribution < 1.29 is 14.6 Å². The second-order valence-electron chi connectivity index (χ2n) is 8.40. The van der Waals surface area contributed by atoms with Gasteiger partial charge in [0.1, 0.15) is 5.75 Å². The van der Waals surface area contributed by atoms with E-state index in [1.54, 1.807) is 0 Å². The zero-order chi connectivity index (χ0) is 20.0. The molecule has 4 nitrogen and oxygen atoms in total. The van der Waals surface area contributed by atoms with Crippen molar-refractivity contribution in [2.75, 3.05) is 19.7 Å². The van der Waals surface area contributed by atoms with Gasteiger partial charge in [-0.2, -0.15) is 0 Å². The molecular formula is C24H31NO3. The lowest BCUT2D eigenvalue weighted by molar-refractivity contribution is 0.0633. The topological polar surface area (TPSA) is 49.8 Å². The second-order valence-corrected chi connectivity index (χ2v) is 8.40. The zero-order valence-corrected chi connectivity index (χ0v) is 16.9. The van der Waals surface area contributed by atoms with Gasteiger partial charge in [-0.05, 0) is 69.4 Å². The summed E-state index contributed by atoms with van der Waals surface area (Å²) in [5, 5.41) is 9.94. The summed E-state index contributed by atoms with van der Waals surface area (Å²) in [5.41, 5.74) is 1.13. The lowest BCUT2D eigenvalue weighted by Crippen LogP contribution is -2.41. The first-order valence-corrected chi connectivity index (χ1v) is 10.2. The molecule has 4 heteroatoms. The number of ether oxygens (including phenoxy) is 1. The number of nitrogens with zero attached hydrogens (tertiary/aromatic N) is 1. The van der Waals surface area contributed by atoms with E-state index in [4.69, 9.17) is 4.74 Å². The molecule has 0 bridgehead atoms. The second kappa shape index (κ2) is 9.24. The SMILES string of the molecule is CC(C)(O)CCc1cccc(C(=O)N2CCC[C@@H](COc3ccccc3)C2)c1. The highest BCUT2D eigenvalue weighted by Crippen LogP contribution is 2.21. The van der Waals surface area contributed by atoms with E-state index >= 15 is 0 Å². The van der Waals surface area contributed by atoms with Gasteiger partial charge in [-0.3, -0.25) is 4.79 Å². The standard InChI is InChI=1S/C24H31NO3/c1-24(2,27)14-13-19-8-6-10-21(16-19)23(26)25-15-7-9-20(17-25)18-28-22-11-4-3-5-12-22/h3-6,8,10-12,16,20,27H,7,9,13-15,17-18H2,1-2H3/t20-/m1/s1. The fourth-order valence-electron chi connectivity index (χ4n) is 3.61. The Labute approximate surface area is 168 Å². The molecule has 150 valence electrons. The van der Waals surface area contributed by atoms with Gasteiger partial charge in [-0.25, -0.2) is 0 Å². The molecule has 0 radical (unpaired) electrons. The Hall–Kier alpha value is -2.33. The minimum atomic E-state index is -0.696. The van der Waals surface area contributed by atoms with Crippen LogP contribution in [0.1, 0.15) is 49.0 Å². The predicted molar refractivity (Wildman–Crippen MR) is 112 cm³/mol. The average Bonchev–Trinajstić information content (AvgIpc) is 2.71. The van der Waals surface area contributed by atoms with E-state index in [1.807, 2.05) is 73.3 Å². The van der Waals surface area contributed by atoms with Crippen molar-refractivity contribution in [3.05, 3.63) is 65.7 Å². The first kappa shape index (κ1) is 20.4. The summed E-state index contributed by atoms with van der Waals surface area (Å²) < 4.78 is 5.90. The van der Waals surface area contributed by atoms with E-state index in [9.17, 15) is 9.90 Å². The van der Waals surface area contributed by atoms with Gasteiger partial charge < -0.3 is 14.7 Å². The number of carbonyl (C=O) groups excluding carboxylic acids is 1. The Balaban J connectivity index is 1.57. The van der Waals surface area contributed by atoms with Crippen LogP contribution in [0.2, 0.25) is 0 Å². The van der Waals surface area contributed by atoms with Gasteiger partial charge in [0.05, 0.1) is 12.2 Å². The van der Waals surface area contributed by atoms with Gasteiger partial charge in [0.15, 0.2) is 0 Å². The normalized spacial score (nSPS) is 17.4. The average molecular weight is 382 g/mol. The molecule has 1 aliphatic heterocycles. The number of likely N-dealkylation sites (tertiary alicyclic amines) is 1. The number of benzene rings is 2. The number of para-hydroxylation sites is 1. The molecule has 1 atom stereocenters. The van der Waals surface area contributed by atoms with Gasteiger partial charge in [0.2, 0.25) is 0 Å². The molecule has 0 unspecified atom stereocenters. The van der Waals surface area contributed by atoms with Crippen LogP contribution in [0.3, 0.4) is 0 Å². The Bertz CT molecular complexity index is 767. The number of amides is 1. The smallest absolute Gasteiger partial charge is 0.253 e. The van der Waals surface area contributed by atoms with Gasteiger partial charge in [0, 0.05) is 24.6 Å². The Morgan fingerprint density at radius 2 is 1.96 bits per heavy atom. The molecule has 1 amide bonds. The minimum absolute atomic E-state index is 0.0921. The summed E-state index contributed by atoms with van der Waals surface area (Å²) in [4.78, 5) is 15.0. The summed E-state index contributed by atoms with van der Waals surface area (Å²) in [7, 11) is 0. The lowest BCUT2D eigenvalue weighted by atomic mass is 9.96. The maximum atomic E-state index is 13.0. The number of hydrogen-bond donors (Lipinski definition) is 1. The molecule has 0 aliphatic carbocycles. The summed E-state index contributed by atoms with van der Waals surface area (Å²) >= 11 is 0. The number of aliphatic hydroxyl groups is 1. The Morgan fingerprint density at radius 3 is 2.71 bits per heavy atom. The fourth-order valence-corrected chi connectivity index (χ4v) is 3.61. The molecule has 1 aliphatic rings. The maximum absolute atomic E-state index is 13.0. The molecule has 1 N–H and O–H groups in total. The van der Waals surface area contributed by atoms with E-state index in [-0.39, 0.29) is 5.91 Å². The molecule has 3 rings (SSSR count). The number of carbonyl (C=O) groups is 1. The van der Waals surface area contributed by atoms with Crippen molar-refractivity contribution in [3.8, 4) is 5.75 Å². The van der Waals surface area contributed by atoms with E-state index < -0.39 is 5.60 Å². The van der Waals surface area contributed by atoms with Crippen LogP contribution in [0, 0.1) is 5.92 Å². The summed E-state index contributed by atoms with van der Waals surface area (Å²) in [5.74, 6) is 1.33. The number of aryl methyl sites for hydroxylation is 1. The molecule has 0 aromatic heterocycles. The van der Waals surface area contributed by atoms with Gasteiger partial charge in [0.25, 0.3) is 5.91 Å². The third kappa shape index (κ3) is 6.10. The van der Waals surface area contributed by atoms with Crippen LogP contribution in [-0.2, 0) is 6.42 Å². The van der Waals surface area contributed by atoms with E-state index in [0.29, 0.717) is 18.9 Å². The molecule has 1 saturated heterocycles. The molecule has 0 spiro atoms. The Kier molecular flexibility index (Phi) is 6.74. The highest BCUT2D eigenvalue weighted by Gasteiger charge is 2.25. The minimum Gasteiger partial charge on any atom is -0.493 e. The van der Waals surface area contributed by atoms with Crippen LogP contribution in [0.5, 0.6) is 5.75 Å². The van der Waals surface area contributed by atoms with Crippen molar-refractivity contribution >= 4 is 5.91 Å². The van der Waals surface area contributed by atoms with Crippen molar-refractivity contribution in [2.45, 2.75) is 45.1 Å². The van der Waals surface area contributed by atoms with E-state index in [1.165, 1.54) is 0 Å². The van der Waals surface area contributed by atoms with Gasteiger partial charge >= 0.3 is 0 Å². The van der Waals surface area contributed by atoms with Crippen molar-refractivity contribution in [1.29, 1.82) is 0 Å². The van der Waals surface area contributed by atoms with Gasteiger partial charge in [-0.1, -0.05) is 30.3 Å². The monoisotopic (exact) mass is 381 g/mol. The van der Waals surface area contributed by atoms with Gasteiger partial charge in [-0.15, -0.1) is 0 Å². The van der Waals surface area contributed by atoms with Crippen molar-refractivity contribution in [1.82, 2.24) is 4.90 Å². The van der Waals surface area contributed by atoms with Crippen LogP contribution in [0.4, 0.5) is 0 Å². The third-order valence-corrected chi connectivity index (χ3v) is 5.23. The lowest BCUT2D eigenvalue weighted by Gasteiger charge is -2.32. The van der Waals surface area contributed by atoms with Crippen LogP contribution in [0.15, 0.2) is 54.6 Å². The highest BCUT2D eigenvalue weighted by atomic mass is 16.5. The van der Waals surface area contributed by atoms with Crippen LogP contribution < -0.4 is 4.74 Å². The molecule has 1 heterocycles. The van der Waals surface area contributed by atoms with E-state index in [2.05, 4.69) is 0 Å². The Morgan fingerprint density at radius 1 is 1.18 bits per heavy atom. The molecule has 1 fully saturated rings.